The van der Waals surface area contributed by atoms with Gasteiger partial charge in [0.25, 0.3) is 11.1 Å². The maximum absolute atomic E-state index is 12.2. The van der Waals surface area contributed by atoms with Crippen LogP contribution in [0.5, 0.6) is 0 Å². The van der Waals surface area contributed by atoms with Gasteiger partial charge in [-0.3, -0.25) is 20.4 Å². The van der Waals surface area contributed by atoms with Crippen molar-refractivity contribution in [2.75, 3.05) is 5.75 Å². The Bertz CT molecular complexity index is 1150. The second-order valence-electron chi connectivity index (χ2n) is 7.05. The molecule has 4 aromatic rings. The first-order valence-corrected chi connectivity index (χ1v) is 11.0. The molecule has 0 aliphatic rings. The highest BCUT2D eigenvalue weighted by Crippen LogP contribution is 2.35. The molecule has 2 amide bonds. The van der Waals surface area contributed by atoms with Gasteiger partial charge in [0, 0.05) is 16.7 Å². The van der Waals surface area contributed by atoms with Crippen LogP contribution >= 0.6 is 11.8 Å². The molecule has 7 heteroatoms. The molecule has 0 aliphatic heterocycles. The van der Waals surface area contributed by atoms with Crippen molar-refractivity contribution in [3.8, 4) is 22.6 Å². The standard InChI is InChI=1S/C25H21N3O3S/c1-17-12-14-20(15-13-17)24(30)28-27-21(29)16-32-25-26-22(18-8-4-2-5-9-18)23(31-25)19-10-6-3-7-11-19/h2-15H,16H2,1H3,(H,27,29)(H,28,30). The summed E-state index contributed by atoms with van der Waals surface area (Å²) in [6.07, 6.45) is 0. The average molecular weight is 444 g/mol. The Morgan fingerprint density at radius 1 is 0.844 bits per heavy atom. The van der Waals surface area contributed by atoms with Gasteiger partial charge >= 0.3 is 0 Å². The molecule has 4 rings (SSSR count). The van der Waals surface area contributed by atoms with Gasteiger partial charge in [0.15, 0.2) is 5.76 Å². The van der Waals surface area contributed by atoms with Crippen LogP contribution in [0.1, 0.15) is 15.9 Å². The zero-order valence-corrected chi connectivity index (χ0v) is 18.2. The Hall–Kier alpha value is -3.84. The van der Waals surface area contributed by atoms with Crippen molar-refractivity contribution >= 4 is 23.6 Å². The molecule has 1 heterocycles. The summed E-state index contributed by atoms with van der Waals surface area (Å²) >= 11 is 1.16. The van der Waals surface area contributed by atoms with E-state index in [1.807, 2.05) is 79.7 Å². The number of benzene rings is 3. The highest BCUT2D eigenvalue weighted by atomic mass is 32.2. The van der Waals surface area contributed by atoms with Gasteiger partial charge < -0.3 is 4.42 Å². The molecule has 1 aromatic heterocycles. The smallest absolute Gasteiger partial charge is 0.269 e. The Morgan fingerprint density at radius 3 is 2.12 bits per heavy atom. The highest BCUT2D eigenvalue weighted by molar-refractivity contribution is 7.99. The van der Waals surface area contributed by atoms with Crippen molar-refractivity contribution in [2.45, 2.75) is 12.1 Å². The largest absolute Gasteiger partial charge is 0.431 e. The molecular formula is C25H21N3O3S. The van der Waals surface area contributed by atoms with E-state index in [9.17, 15) is 9.59 Å². The van der Waals surface area contributed by atoms with E-state index in [1.165, 1.54) is 0 Å². The fourth-order valence-corrected chi connectivity index (χ4v) is 3.63. The monoisotopic (exact) mass is 443 g/mol. The number of rotatable bonds is 6. The Kier molecular flexibility index (Phi) is 6.67. The molecule has 32 heavy (non-hydrogen) atoms. The second-order valence-corrected chi connectivity index (χ2v) is 7.97. The summed E-state index contributed by atoms with van der Waals surface area (Å²) in [5.41, 5.74) is 8.91. The number of carbonyl (C=O) groups excluding carboxylic acids is 2. The maximum atomic E-state index is 12.2. The quantitative estimate of drug-likeness (QED) is 0.328. The molecule has 0 spiro atoms. The third-order valence-corrected chi connectivity index (χ3v) is 5.47. The maximum Gasteiger partial charge on any atom is 0.269 e. The minimum Gasteiger partial charge on any atom is -0.431 e. The fraction of sp³-hybridized carbons (Fsp3) is 0.0800. The van der Waals surface area contributed by atoms with E-state index >= 15 is 0 Å². The van der Waals surface area contributed by atoms with Crippen molar-refractivity contribution in [1.29, 1.82) is 0 Å². The van der Waals surface area contributed by atoms with Crippen molar-refractivity contribution in [3.63, 3.8) is 0 Å². The summed E-state index contributed by atoms with van der Waals surface area (Å²) in [5, 5.41) is 0.378. The molecule has 0 bridgehead atoms. The Labute approximate surface area is 190 Å². The normalized spacial score (nSPS) is 10.5. The Morgan fingerprint density at radius 2 is 1.47 bits per heavy atom. The van der Waals surface area contributed by atoms with Gasteiger partial charge in [-0.05, 0) is 19.1 Å². The first-order chi connectivity index (χ1) is 15.6. The number of hydrogen-bond donors (Lipinski definition) is 2. The summed E-state index contributed by atoms with van der Waals surface area (Å²) in [4.78, 5) is 29.0. The van der Waals surface area contributed by atoms with Crippen LogP contribution in [0.2, 0.25) is 0 Å². The first kappa shape index (κ1) is 21.4. The van der Waals surface area contributed by atoms with Crippen LogP contribution in [0.3, 0.4) is 0 Å². The van der Waals surface area contributed by atoms with Crippen LogP contribution in [0, 0.1) is 6.92 Å². The van der Waals surface area contributed by atoms with Crippen LogP contribution in [0.4, 0.5) is 0 Å². The van der Waals surface area contributed by atoms with E-state index in [4.69, 9.17) is 4.42 Å². The number of nitrogens with one attached hydrogen (secondary N) is 2. The minimum atomic E-state index is -0.378. The van der Waals surface area contributed by atoms with Crippen LogP contribution in [0.25, 0.3) is 22.6 Å². The van der Waals surface area contributed by atoms with E-state index < -0.39 is 0 Å². The van der Waals surface area contributed by atoms with Crippen molar-refractivity contribution in [3.05, 3.63) is 96.1 Å². The minimum absolute atomic E-state index is 0.0388. The zero-order chi connectivity index (χ0) is 22.3. The van der Waals surface area contributed by atoms with Crippen LogP contribution in [-0.4, -0.2) is 22.6 Å². The van der Waals surface area contributed by atoms with Gasteiger partial charge in [-0.25, -0.2) is 4.98 Å². The Balaban J connectivity index is 1.42. The van der Waals surface area contributed by atoms with Gasteiger partial charge in [0.2, 0.25) is 5.91 Å². The number of nitrogens with zero attached hydrogens (tertiary/aromatic N) is 1. The molecule has 0 unspecified atom stereocenters. The van der Waals surface area contributed by atoms with Crippen molar-refractivity contribution in [1.82, 2.24) is 15.8 Å². The number of carbonyl (C=O) groups is 2. The zero-order valence-electron chi connectivity index (χ0n) is 17.4. The van der Waals surface area contributed by atoms with Gasteiger partial charge in [-0.2, -0.15) is 0 Å². The summed E-state index contributed by atoms with van der Waals surface area (Å²) in [7, 11) is 0. The summed E-state index contributed by atoms with van der Waals surface area (Å²) in [5.74, 6) is -0.0577. The van der Waals surface area contributed by atoms with Crippen LogP contribution < -0.4 is 10.9 Å². The third-order valence-electron chi connectivity index (χ3n) is 4.65. The molecule has 2 N–H and O–H groups in total. The number of amides is 2. The van der Waals surface area contributed by atoms with E-state index in [1.54, 1.807) is 12.1 Å². The van der Waals surface area contributed by atoms with Gasteiger partial charge in [-0.15, -0.1) is 0 Å². The number of oxazole rings is 1. The fourth-order valence-electron chi connectivity index (χ4n) is 3.01. The predicted octanol–water partition coefficient (Wildman–Crippen LogP) is 4.87. The first-order valence-electron chi connectivity index (χ1n) is 10.0. The predicted molar refractivity (Wildman–Crippen MR) is 125 cm³/mol. The molecule has 0 saturated heterocycles. The van der Waals surface area contributed by atoms with E-state index in [0.717, 1.165) is 28.5 Å². The molecule has 0 fully saturated rings. The van der Waals surface area contributed by atoms with Crippen molar-refractivity contribution < 1.29 is 14.0 Å². The summed E-state index contributed by atoms with van der Waals surface area (Å²) < 4.78 is 6.00. The van der Waals surface area contributed by atoms with Gasteiger partial charge in [0.1, 0.15) is 5.69 Å². The molecule has 0 atom stereocenters. The van der Waals surface area contributed by atoms with Gasteiger partial charge in [-0.1, -0.05) is 90.1 Å². The number of hydrogen-bond acceptors (Lipinski definition) is 5. The van der Waals surface area contributed by atoms with Crippen molar-refractivity contribution in [2.24, 2.45) is 0 Å². The molecular weight excluding hydrogens is 422 g/mol. The third kappa shape index (κ3) is 5.25. The average Bonchev–Trinajstić information content (AvgIpc) is 3.27. The summed E-state index contributed by atoms with van der Waals surface area (Å²) in [6.45, 7) is 1.94. The molecule has 3 aromatic carbocycles. The SMILES string of the molecule is Cc1ccc(C(=O)NNC(=O)CSc2nc(-c3ccccc3)c(-c3ccccc3)o2)cc1. The number of thioether (sulfide) groups is 1. The second kappa shape index (κ2) is 9.98. The topological polar surface area (TPSA) is 84.2 Å². The van der Waals surface area contributed by atoms with E-state index in [-0.39, 0.29) is 17.6 Å². The number of aromatic nitrogens is 1. The van der Waals surface area contributed by atoms with E-state index in [2.05, 4.69) is 15.8 Å². The lowest BCUT2D eigenvalue weighted by molar-refractivity contribution is -0.119. The molecule has 6 nitrogen and oxygen atoms in total. The lowest BCUT2D eigenvalue weighted by Crippen LogP contribution is -2.42. The molecule has 0 radical (unpaired) electrons. The van der Waals surface area contributed by atoms with Crippen LogP contribution in [-0.2, 0) is 4.79 Å². The lowest BCUT2D eigenvalue weighted by atomic mass is 10.1. The van der Waals surface area contributed by atoms with Gasteiger partial charge in [0.05, 0.1) is 5.75 Å². The highest BCUT2D eigenvalue weighted by Gasteiger charge is 2.18. The number of aryl methyl sites for hydroxylation is 1. The lowest BCUT2D eigenvalue weighted by Gasteiger charge is -2.06. The molecule has 0 saturated carbocycles. The molecule has 0 aliphatic carbocycles. The summed E-state index contributed by atoms with van der Waals surface area (Å²) in [6, 6.07) is 26.5. The number of hydrazine groups is 1. The van der Waals surface area contributed by atoms with Crippen LogP contribution in [0.15, 0.2) is 94.6 Å². The molecule has 160 valence electrons. The van der Waals surface area contributed by atoms with E-state index in [0.29, 0.717) is 22.2 Å².